The first-order valence-corrected chi connectivity index (χ1v) is 7.45. The van der Waals surface area contributed by atoms with Gasteiger partial charge in [-0.15, -0.1) is 0 Å². The number of methoxy groups -OCH3 is 1. The van der Waals surface area contributed by atoms with Crippen molar-refractivity contribution >= 4 is 34.0 Å². The smallest absolute Gasteiger partial charge is 0.293 e. The van der Waals surface area contributed by atoms with E-state index < -0.39 is 0 Å². The van der Waals surface area contributed by atoms with Crippen LogP contribution in [0.4, 0.5) is 11.4 Å². The SMILES string of the molecule is COC1(CNc2ccc(I)cc2[N+](=O)[O-])CCOCC1. The second-order valence-corrected chi connectivity index (χ2v) is 6.02. The van der Waals surface area contributed by atoms with Crippen molar-refractivity contribution in [3.05, 3.63) is 31.9 Å². The van der Waals surface area contributed by atoms with Crippen LogP contribution in [-0.2, 0) is 9.47 Å². The van der Waals surface area contributed by atoms with Crippen molar-refractivity contribution in [3.8, 4) is 0 Å². The van der Waals surface area contributed by atoms with E-state index >= 15 is 0 Å². The van der Waals surface area contributed by atoms with Gasteiger partial charge in [-0.05, 0) is 34.7 Å². The van der Waals surface area contributed by atoms with Gasteiger partial charge in [0.1, 0.15) is 5.69 Å². The Kier molecular flexibility index (Phi) is 5.17. The minimum Gasteiger partial charge on any atom is -0.381 e. The number of hydrogen-bond acceptors (Lipinski definition) is 5. The molecule has 0 unspecified atom stereocenters. The number of benzene rings is 1. The minimum absolute atomic E-state index is 0.0928. The Bertz CT molecular complexity index is 489. The van der Waals surface area contributed by atoms with E-state index in [0.717, 1.165) is 16.4 Å². The van der Waals surface area contributed by atoms with Crippen molar-refractivity contribution < 1.29 is 14.4 Å². The van der Waals surface area contributed by atoms with E-state index in [-0.39, 0.29) is 16.2 Å². The molecule has 1 aliphatic rings. The molecule has 2 rings (SSSR count). The van der Waals surface area contributed by atoms with Crippen LogP contribution in [0.3, 0.4) is 0 Å². The summed E-state index contributed by atoms with van der Waals surface area (Å²) in [5.74, 6) is 0. The van der Waals surface area contributed by atoms with Gasteiger partial charge < -0.3 is 14.8 Å². The third-order valence-electron chi connectivity index (χ3n) is 3.59. The Morgan fingerprint density at radius 3 is 2.80 bits per heavy atom. The van der Waals surface area contributed by atoms with Crippen LogP contribution >= 0.6 is 22.6 Å². The summed E-state index contributed by atoms with van der Waals surface area (Å²) in [5.41, 5.74) is 0.309. The first kappa shape index (κ1) is 15.5. The molecule has 6 nitrogen and oxygen atoms in total. The molecule has 1 fully saturated rings. The lowest BCUT2D eigenvalue weighted by atomic mass is 9.94. The number of halogens is 1. The summed E-state index contributed by atoms with van der Waals surface area (Å²) >= 11 is 2.06. The fourth-order valence-corrected chi connectivity index (χ4v) is 2.73. The van der Waals surface area contributed by atoms with E-state index in [4.69, 9.17) is 9.47 Å². The first-order chi connectivity index (χ1) is 9.56. The van der Waals surface area contributed by atoms with Gasteiger partial charge in [0.05, 0.1) is 10.5 Å². The predicted octanol–water partition coefficient (Wildman–Crippen LogP) is 2.81. The van der Waals surface area contributed by atoms with Gasteiger partial charge in [-0.1, -0.05) is 0 Å². The molecule has 1 aliphatic heterocycles. The molecule has 0 aliphatic carbocycles. The van der Waals surface area contributed by atoms with Gasteiger partial charge >= 0.3 is 0 Å². The molecule has 20 heavy (non-hydrogen) atoms. The number of hydrogen-bond donors (Lipinski definition) is 1. The van der Waals surface area contributed by atoms with E-state index in [9.17, 15) is 10.1 Å². The van der Waals surface area contributed by atoms with E-state index in [1.165, 1.54) is 0 Å². The van der Waals surface area contributed by atoms with Gasteiger partial charge in [0, 0.05) is 49.3 Å². The molecule has 0 aromatic heterocycles. The lowest BCUT2D eigenvalue weighted by molar-refractivity contribution is -0.384. The summed E-state index contributed by atoms with van der Waals surface area (Å²) in [6.45, 7) is 1.85. The van der Waals surface area contributed by atoms with Crippen LogP contribution in [0.15, 0.2) is 18.2 Å². The van der Waals surface area contributed by atoms with Crippen molar-refractivity contribution in [2.24, 2.45) is 0 Å². The third-order valence-corrected chi connectivity index (χ3v) is 4.27. The zero-order valence-electron chi connectivity index (χ0n) is 11.2. The fourth-order valence-electron chi connectivity index (χ4n) is 2.26. The highest BCUT2D eigenvalue weighted by atomic mass is 127. The van der Waals surface area contributed by atoms with Crippen molar-refractivity contribution in [2.45, 2.75) is 18.4 Å². The summed E-state index contributed by atoms with van der Waals surface area (Å²) < 4.78 is 11.8. The average Bonchev–Trinajstić information content (AvgIpc) is 2.47. The predicted molar refractivity (Wildman–Crippen MR) is 84.1 cm³/mol. The standard InChI is InChI=1S/C13H17IN2O4/c1-19-13(4-6-20-7-5-13)9-15-11-3-2-10(14)8-12(11)16(17)18/h2-3,8,15H,4-7,9H2,1H3. The molecule has 110 valence electrons. The Hall–Kier alpha value is -0.930. The topological polar surface area (TPSA) is 73.6 Å². The van der Waals surface area contributed by atoms with E-state index in [0.29, 0.717) is 25.4 Å². The molecule has 1 aromatic rings. The van der Waals surface area contributed by atoms with Crippen molar-refractivity contribution in [3.63, 3.8) is 0 Å². The summed E-state index contributed by atoms with van der Waals surface area (Å²) in [7, 11) is 1.68. The highest BCUT2D eigenvalue weighted by Crippen LogP contribution is 2.29. The summed E-state index contributed by atoms with van der Waals surface area (Å²) in [6.07, 6.45) is 1.57. The largest absolute Gasteiger partial charge is 0.381 e. The van der Waals surface area contributed by atoms with Gasteiger partial charge in [0.2, 0.25) is 0 Å². The molecule has 0 saturated carbocycles. The second-order valence-electron chi connectivity index (χ2n) is 4.77. The Labute approximate surface area is 131 Å². The quantitative estimate of drug-likeness (QED) is 0.474. The van der Waals surface area contributed by atoms with Crippen molar-refractivity contribution in [2.75, 3.05) is 32.2 Å². The fraction of sp³-hybridized carbons (Fsp3) is 0.538. The molecule has 1 saturated heterocycles. The minimum atomic E-state index is -0.367. The number of anilines is 1. The van der Waals surface area contributed by atoms with Gasteiger partial charge in [0.15, 0.2) is 0 Å². The molecule has 1 N–H and O–H groups in total. The lowest BCUT2D eigenvalue weighted by Crippen LogP contribution is -2.44. The highest BCUT2D eigenvalue weighted by Gasteiger charge is 2.32. The van der Waals surface area contributed by atoms with Crippen molar-refractivity contribution in [1.29, 1.82) is 0 Å². The maximum absolute atomic E-state index is 11.1. The normalized spacial score (nSPS) is 17.7. The molecule has 1 heterocycles. The number of rotatable bonds is 5. The zero-order valence-corrected chi connectivity index (χ0v) is 13.4. The number of ether oxygens (including phenoxy) is 2. The average molecular weight is 392 g/mol. The van der Waals surface area contributed by atoms with E-state index in [1.54, 1.807) is 19.2 Å². The van der Waals surface area contributed by atoms with Gasteiger partial charge in [0.25, 0.3) is 5.69 Å². The first-order valence-electron chi connectivity index (χ1n) is 6.37. The lowest BCUT2D eigenvalue weighted by Gasteiger charge is -2.36. The molecule has 0 amide bonds. The van der Waals surface area contributed by atoms with Gasteiger partial charge in [-0.2, -0.15) is 0 Å². The zero-order chi connectivity index (χ0) is 14.6. The Morgan fingerprint density at radius 2 is 2.20 bits per heavy atom. The van der Waals surface area contributed by atoms with Crippen LogP contribution in [0.25, 0.3) is 0 Å². The molecule has 0 bridgehead atoms. The van der Waals surface area contributed by atoms with Crippen LogP contribution in [0.5, 0.6) is 0 Å². The molecule has 1 aromatic carbocycles. The van der Waals surface area contributed by atoms with Gasteiger partial charge in [-0.3, -0.25) is 10.1 Å². The molecular weight excluding hydrogens is 375 g/mol. The summed E-state index contributed by atoms with van der Waals surface area (Å²) in [4.78, 5) is 10.7. The summed E-state index contributed by atoms with van der Waals surface area (Å²) in [6, 6.07) is 5.15. The molecule has 7 heteroatoms. The van der Waals surface area contributed by atoms with E-state index in [1.807, 2.05) is 6.07 Å². The van der Waals surface area contributed by atoms with Crippen LogP contribution in [-0.4, -0.2) is 37.4 Å². The van der Waals surface area contributed by atoms with Gasteiger partial charge in [-0.25, -0.2) is 0 Å². The number of nitro groups is 1. The van der Waals surface area contributed by atoms with Crippen LogP contribution in [0.1, 0.15) is 12.8 Å². The molecule has 0 radical (unpaired) electrons. The summed E-state index contributed by atoms with van der Waals surface area (Å²) in [5, 5.41) is 14.2. The number of nitrogens with zero attached hydrogens (tertiary/aromatic N) is 1. The molecule has 0 atom stereocenters. The van der Waals surface area contributed by atoms with Crippen molar-refractivity contribution in [1.82, 2.24) is 0 Å². The van der Waals surface area contributed by atoms with Crippen LogP contribution in [0, 0.1) is 13.7 Å². The van der Waals surface area contributed by atoms with Crippen LogP contribution in [0.2, 0.25) is 0 Å². The van der Waals surface area contributed by atoms with E-state index in [2.05, 4.69) is 27.9 Å². The van der Waals surface area contributed by atoms with Crippen LogP contribution < -0.4 is 5.32 Å². The molecular formula is C13H17IN2O4. The number of nitro benzene ring substituents is 1. The maximum atomic E-state index is 11.1. The Morgan fingerprint density at radius 1 is 1.50 bits per heavy atom. The number of nitrogens with one attached hydrogen (secondary N) is 1. The maximum Gasteiger partial charge on any atom is 0.293 e. The monoisotopic (exact) mass is 392 g/mol. The third kappa shape index (κ3) is 3.58. The Balaban J connectivity index is 2.11. The molecule has 0 spiro atoms. The highest BCUT2D eigenvalue weighted by molar-refractivity contribution is 14.1. The second kappa shape index (κ2) is 6.68.